The average molecular weight is 382 g/mol. The van der Waals surface area contributed by atoms with Crippen LogP contribution in [0.2, 0.25) is 0 Å². The monoisotopic (exact) mass is 381 g/mol. The van der Waals surface area contributed by atoms with Crippen LogP contribution in [0.5, 0.6) is 0 Å². The standard InChI is InChI=1S/C23H27NO2S/c1-3-17-21-19(27-22(17)23(25)26)10-9-15-7-5-6-8-18(15)20(21)16-11-13-24(4-2)14-12-16/h5-8H,3-4,9-14H2,1-2H3,(H,25,26). The van der Waals surface area contributed by atoms with E-state index in [2.05, 4.69) is 43.0 Å². The SMILES string of the molecule is CCc1c(C(=O)O)sc2c1C(=C1CCN(CC)CC1)c1ccccc1CC2. The Morgan fingerprint density at radius 2 is 1.85 bits per heavy atom. The number of aromatic carboxylic acids is 1. The zero-order valence-electron chi connectivity index (χ0n) is 16.2. The van der Waals surface area contributed by atoms with E-state index in [1.807, 2.05) is 0 Å². The molecule has 0 spiro atoms. The van der Waals surface area contributed by atoms with E-state index in [0.29, 0.717) is 4.88 Å². The number of carbonyl (C=O) groups is 1. The number of aryl methyl sites for hydroxylation is 2. The third-order valence-electron chi connectivity index (χ3n) is 6.05. The van der Waals surface area contributed by atoms with Crippen molar-refractivity contribution in [2.24, 2.45) is 0 Å². The molecule has 1 fully saturated rings. The van der Waals surface area contributed by atoms with Crippen LogP contribution in [0.25, 0.3) is 5.57 Å². The van der Waals surface area contributed by atoms with Crippen molar-refractivity contribution in [2.45, 2.75) is 46.0 Å². The minimum absolute atomic E-state index is 0.547. The van der Waals surface area contributed by atoms with Gasteiger partial charge in [-0.25, -0.2) is 4.79 Å². The zero-order valence-corrected chi connectivity index (χ0v) is 17.0. The summed E-state index contributed by atoms with van der Waals surface area (Å²) in [6.07, 6.45) is 4.86. The number of likely N-dealkylation sites (tertiary alicyclic amines) is 1. The average Bonchev–Trinajstić information content (AvgIpc) is 2.98. The van der Waals surface area contributed by atoms with Crippen LogP contribution in [0.3, 0.4) is 0 Å². The maximum absolute atomic E-state index is 11.9. The second-order valence-corrected chi connectivity index (χ2v) is 8.54. The van der Waals surface area contributed by atoms with E-state index < -0.39 is 5.97 Å². The number of fused-ring (bicyclic) bond motifs is 2. The number of piperidine rings is 1. The van der Waals surface area contributed by atoms with Gasteiger partial charge in [0, 0.05) is 23.5 Å². The highest BCUT2D eigenvalue weighted by Gasteiger charge is 2.30. The summed E-state index contributed by atoms with van der Waals surface area (Å²) in [5.41, 5.74) is 7.90. The van der Waals surface area contributed by atoms with Crippen molar-refractivity contribution in [3.63, 3.8) is 0 Å². The van der Waals surface area contributed by atoms with Gasteiger partial charge in [-0.1, -0.05) is 43.7 Å². The van der Waals surface area contributed by atoms with E-state index >= 15 is 0 Å². The maximum Gasteiger partial charge on any atom is 0.346 e. The summed E-state index contributed by atoms with van der Waals surface area (Å²) in [6, 6.07) is 8.75. The molecular weight excluding hydrogens is 354 g/mol. The van der Waals surface area contributed by atoms with Gasteiger partial charge in [-0.2, -0.15) is 0 Å². The smallest absolute Gasteiger partial charge is 0.346 e. The summed E-state index contributed by atoms with van der Waals surface area (Å²) in [4.78, 5) is 16.2. The largest absolute Gasteiger partial charge is 0.477 e. The molecule has 2 aromatic rings. The first-order valence-corrected chi connectivity index (χ1v) is 10.9. The van der Waals surface area contributed by atoms with Crippen LogP contribution in [0, 0.1) is 0 Å². The molecule has 2 aliphatic rings. The highest BCUT2D eigenvalue weighted by molar-refractivity contribution is 7.14. The lowest BCUT2D eigenvalue weighted by Crippen LogP contribution is -2.30. The Morgan fingerprint density at radius 3 is 2.52 bits per heavy atom. The molecule has 2 heterocycles. The van der Waals surface area contributed by atoms with Crippen molar-refractivity contribution in [2.75, 3.05) is 19.6 Å². The number of nitrogens with zero attached hydrogens (tertiary/aromatic N) is 1. The van der Waals surface area contributed by atoms with Crippen molar-refractivity contribution < 1.29 is 9.90 Å². The lowest BCUT2D eigenvalue weighted by molar-refractivity contribution is 0.0701. The molecule has 1 aliphatic carbocycles. The highest BCUT2D eigenvalue weighted by Crippen LogP contribution is 2.44. The molecule has 1 aromatic carbocycles. The predicted octanol–water partition coefficient (Wildman–Crippen LogP) is 5.02. The summed E-state index contributed by atoms with van der Waals surface area (Å²) in [5, 5.41) is 9.76. The molecule has 142 valence electrons. The van der Waals surface area contributed by atoms with Gasteiger partial charge in [0.15, 0.2) is 0 Å². The lowest BCUT2D eigenvalue weighted by Gasteiger charge is -2.29. The minimum atomic E-state index is -0.775. The van der Waals surface area contributed by atoms with Crippen molar-refractivity contribution in [3.8, 4) is 0 Å². The van der Waals surface area contributed by atoms with E-state index in [-0.39, 0.29) is 0 Å². The summed E-state index contributed by atoms with van der Waals surface area (Å²) < 4.78 is 0. The molecule has 1 N–H and O–H groups in total. The zero-order chi connectivity index (χ0) is 19.0. The maximum atomic E-state index is 11.9. The fourth-order valence-corrected chi connectivity index (χ4v) is 5.85. The van der Waals surface area contributed by atoms with Crippen molar-refractivity contribution in [1.29, 1.82) is 0 Å². The minimum Gasteiger partial charge on any atom is -0.477 e. The first-order valence-electron chi connectivity index (χ1n) is 10.0. The lowest BCUT2D eigenvalue weighted by atomic mass is 9.85. The van der Waals surface area contributed by atoms with E-state index in [4.69, 9.17) is 0 Å². The third kappa shape index (κ3) is 3.26. The molecule has 0 amide bonds. The van der Waals surface area contributed by atoms with Crippen LogP contribution in [0.15, 0.2) is 29.8 Å². The molecule has 0 radical (unpaired) electrons. The summed E-state index contributed by atoms with van der Waals surface area (Å²) in [6.45, 7) is 7.62. The first kappa shape index (κ1) is 18.5. The fraction of sp³-hybridized carbons (Fsp3) is 0.435. The normalized spacial score (nSPS) is 17.4. The van der Waals surface area contributed by atoms with Crippen LogP contribution in [0.4, 0.5) is 0 Å². The van der Waals surface area contributed by atoms with Gasteiger partial charge in [0.05, 0.1) is 0 Å². The molecule has 0 unspecified atom stereocenters. The van der Waals surface area contributed by atoms with Gasteiger partial charge in [0.1, 0.15) is 4.88 Å². The van der Waals surface area contributed by atoms with Gasteiger partial charge in [0.25, 0.3) is 0 Å². The molecule has 1 aromatic heterocycles. The van der Waals surface area contributed by atoms with Gasteiger partial charge >= 0.3 is 5.97 Å². The summed E-state index contributed by atoms with van der Waals surface area (Å²) in [5.74, 6) is -0.775. The van der Waals surface area contributed by atoms with E-state index in [0.717, 1.165) is 57.3 Å². The van der Waals surface area contributed by atoms with Crippen LogP contribution in [-0.4, -0.2) is 35.6 Å². The Hall–Kier alpha value is -1.91. The molecule has 4 heteroatoms. The number of benzene rings is 1. The Labute approximate surface area is 165 Å². The molecule has 1 aliphatic heterocycles. The Kier molecular flexibility index (Phi) is 5.20. The Morgan fingerprint density at radius 1 is 1.11 bits per heavy atom. The number of hydrogen-bond acceptors (Lipinski definition) is 3. The van der Waals surface area contributed by atoms with Gasteiger partial charge in [-0.15, -0.1) is 11.3 Å². The molecule has 27 heavy (non-hydrogen) atoms. The molecule has 4 rings (SSSR count). The van der Waals surface area contributed by atoms with Crippen molar-refractivity contribution >= 4 is 22.9 Å². The van der Waals surface area contributed by atoms with E-state index in [1.54, 1.807) is 0 Å². The van der Waals surface area contributed by atoms with Crippen LogP contribution in [0.1, 0.15) is 63.5 Å². The summed E-state index contributed by atoms with van der Waals surface area (Å²) >= 11 is 1.51. The molecule has 0 bridgehead atoms. The van der Waals surface area contributed by atoms with Gasteiger partial charge in [-0.05, 0) is 60.9 Å². The second-order valence-electron chi connectivity index (χ2n) is 7.44. The van der Waals surface area contributed by atoms with Crippen LogP contribution >= 0.6 is 11.3 Å². The van der Waals surface area contributed by atoms with Gasteiger partial charge < -0.3 is 10.0 Å². The topological polar surface area (TPSA) is 40.5 Å². The number of hydrogen-bond donors (Lipinski definition) is 1. The number of carboxylic acid groups (broad SMARTS) is 1. The van der Waals surface area contributed by atoms with E-state index in [1.165, 1.54) is 44.1 Å². The molecular formula is C23H27NO2S. The third-order valence-corrected chi connectivity index (χ3v) is 7.33. The summed E-state index contributed by atoms with van der Waals surface area (Å²) in [7, 11) is 0. The molecule has 1 saturated heterocycles. The van der Waals surface area contributed by atoms with Gasteiger partial charge in [0.2, 0.25) is 0 Å². The molecule has 3 nitrogen and oxygen atoms in total. The van der Waals surface area contributed by atoms with Crippen LogP contribution in [-0.2, 0) is 19.3 Å². The molecule has 0 atom stereocenters. The Balaban J connectivity index is 1.95. The quantitative estimate of drug-likeness (QED) is 0.811. The van der Waals surface area contributed by atoms with Gasteiger partial charge in [-0.3, -0.25) is 0 Å². The fourth-order valence-electron chi connectivity index (χ4n) is 4.62. The predicted molar refractivity (Wildman–Crippen MR) is 112 cm³/mol. The number of thiophene rings is 1. The number of rotatable bonds is 3. The Bertz CT molecular complexity index is 899. The van der Waals surface area contributed by atoms with Crippen molar-refractivity contribution in [3.05, 3.63) is 61.8 Å². The highest BCUT2D eigenvalue weighted by atomic mass is 32.1. The van der Waals surface area contributed by atoms with Crippen LogP contribution < -0.4 is 0 Å². The first-order chi connectivity index (χ1) is 13.1. The van der Waals surface area contributed by atoms with E-state index in [9.17, 15) is 9.90 Å². The molecule has 0 saturated carbocycles. The second kappa shape index (κ2) is 7.61. The van der Waals surface area contributed by atoms with Crippen molar-refractivity contribution in [1.82, 2.24) is 4.90 Å². The number of carboxylic acids is 1.